The molecule has 0 fully saturated rings. The van der Waals surface area contributed by atoms with E-state index in [1.165, 1.54) is 11.3 Å². The van der Waals surface area contributed by atoms with E-state index in [9.17, 15) is 4.79 Å². The van der Waals surface area contributed by atoms with Crippen LogP contribution in [0.3, 0.4) is 0 Å². The summed E-state index contributed by atoms with van der Waals surface area (Å²) in [5.74, 6) is 0.436. The van der Waals surface area contributed by atoms with Crippen molar-refractivity contribution in [2.75, 3.05) is 11.9 Å². The number of nitrogens with zero attached hydrogens (tertiary/aromatic N) is 3. The van der Waals surface area contributed by atoms with Gasteiger partial charge in [-0.15, -0.1) is 11.3 Å². The van der Waals surface area contributed by atoms with Crippen LogP contribution in [0, 0.1) is 5.92 Å². The Balaban J connectivity index is 2.04. The molecule has 1 amide bonds. The van der Waals surface area contributed by atoms with E-state index in [-0.39, 0.29) is 11.9 Å². The number of thiazole rings is 1. The molecular formula is C16H22N4OS. The number of hydrogen-bond acceptors (Lipinski definition) is 5. The van der Waals surface area contributed by atoms with E-state index in [0.29, 0.717) is 17.6 Å². The lowest BCUT2D eigenvalue weighted by atomic mass is 10.1. The zero-order chi connectivity index (χ0) is 15.9. The monoisotopic (exact) mass is 318 g/mol. The molecule has 0 aromatic carbocycles. The first-order valence-electron chi connectivity index (χ1n) is 7.40. The normalized spacial score (nSPS) is 12.6. The van der Waals surface area contributed by atoms with Crippen molar-refractivity contribution in [1.82, 2.24) is 14.9 Å². The van der Waals surface area contributed by atoms with Gasteiger partial charge in [-0.25, -0.2) is 4.98 Å². The summed E-state index contributed by atoms with van der Waals surface area (Å²) in [4.78, 5) is 23.0. The Bertz CT molecular complexity index is 571. The summed E-state index contributed by atoms with van der Waals surface area (Å²) in [6.45, 7) is 7.72. The minimum atomic E-state index is -0.242. The highest BCUT2D eigenvalue weighted by atomic mass is 32.1. The summed E-state index contributed by atoms with van der Waals surface area (Å²) in [6.07, 6.45) is 3.47. The Morgan fingerprint density at radius 1 is 1.27 bits per heavy atom. The van der Waals surface area contributed by atoms with Crippen molar-refractivity contribution in [2.24, 2.45) is 5.92 Å². The second-order valence-electron chi connectivity index (χ2n) is 5.65. The van der Waals surface area contributed by atoms with Gasteiger partial charge in [0.15, 0.2) is 5.13 Å². The summed E-state index contributed by atoms with van der Waals surface area (Å²) in [5.41, 5.74) is 0.969. The summed E-state index contributed by atoms with van der Waals surface area (Å²) in [5, 5.41) is 5.35. The molecule has 22 heavy (non-hydrogen) atoms. The molecule has 1 N–H and O–H groups in total. The van der Waals surface area contributed by atoms with Crippen LogP contribution in [0.25, 0.3) is 0 Å². The number of anilines is 1. The third kappa shape index (κ3) is 4.89. The number of amides is 1. The maximum Gasteiger partial charge on any atom is 0.243 e. The molecule has 2 heterocycles. The second kappa shape index (κ2) is 8.00. The molecule has 0 aliphatic heterocycles. The zero-order valence-electron chi connectivity index (χ0n) is 13.2. The third-order valence-electron chi connectivity index (χ3n) is 3.28. The van der Waals surface area contributed by atoms with Crippen LogP contribution >= 0.6 is 11.3 Å². The van der Waals surface area contributed by atoms with Crippen LogP contribution in [-0.4, -0.2) is 33.4 Å². The Labute approximate surface area is 135 Å². The highest BCUT2D eigenvalue weighted by Gasteiger charge is 2.23. The molecule has 0 unspecified atom stereocenters. The molecule has 2 aromatic rings. The summed E-state index contributed by atoms with van der Waals surface area (Å²) in [6, 6.07) is 5.61. The maximum absolute atomic E-state index is 12.4. The van der Waals surface area contributed by atoms with E-state index >= 15 is 0 Å². The van der Waals surface area contributed by atoms with Gasteiger partial charge in [0.25, 0.3) is 0 Å². The van der Waals surface area contributed by atoms with Gasteiger partial charge in [0, 0.05) is 30.9 Å². The van der Waals surface area contributed by atoms with Crippen LogP contribution in [0.15, 0.2) is 36.0 Å². The quantitative estimate of drug-likeness (QED) is 0.852. The fourth-order valence-corrected chi connectivity index (χ4v) is 2.72. The number of aromatic nitrogens is 2. The van der Waals surface area contributed by atoms with Gasteiger partial charge in [0.2, 0.25) is 5.91 Å². The Hall–Kier alpha value is -1.79. The molecule has 118 valence electrons. The van der Waals surface area contributed by atoms with Gasteiger partial charge >= 0.3 is 0 Å². The molecule has 0 bridgehead atoms. The van der Waals surface area contributed by atoms with Crippen molar-refractivity contribution < 1.29 is 4.79 Å². The molecule has 0 aliphatic carbocycles. The molecule has 1 atom stereocenters. The molecule has 2 rings (SSSR count). The molecule has 0 saturated carbocycles. The molecule has 0 spiro atoms. The second-order valence-corrected chi connectivity index (χ2v) is 6.54. The van der Waals surface area contributed by atoms with Gasteiger partial charge in [0.05, 0.1) is 11.7 Å². The highest BCUT2D eigenvalue weighted by Crippen LogP contribution is 2.14. The smallest absolute Gasteiger partial charge is 0.243 e. The Morgan fingerprint density at radius 2 is 2.09 bits per heavy atom. The van der Waals surface area contributed by atoms with Gasteiger partial charge in [-0.05, 0) is 25.0 Å². The van der Waals surface area contributed by atoms with E-state index in [0.717, 1.165) is 12.2 Å². The molecule has 0 saturated heterocycles. The maximum atomic E-state index is 12.4. The summed E-state index contributed by atoms with van der Waals surface area (Å²) >= 11 is 1.42. The number of hydrogen-bond donors (Lipinski definition) is 1. The Kier molecular flexibility index (Phi) is 6.03. The largest absolute Gasteiger partial charge is 0.301 e. The van der Waals surface area contributed by atoms with E-state index < -0.39 is 0 Å². The predicted octanol–water partition coefficient (Wildman–Crippen LogP) is 3.02. The summed E-state index contributed by atoms with van der Waals surface area (Å²) < 4.78 is 0. The lowest BCUT2D eigenvalue weighted by Gasteiger charge is -2.29. The first-order chi connectivity index (χ1) is 10.6. The topological polar surface area (TPSA) is 58.1 Å². The van der Waals surface area contributed by atoms with Crippen LogP contribution in [0.4, 0.5) is 5.13 Å². The van der Waals surface area contributed by atoms with Gasteiger partial charge in [0.1, 0.15) is 0 Å². The molecule has 2 aromatic heterocycles. The summed E-state index contributed by atoms with van der Waals surface area (Å²) in [7, 11) is 0. The van der Waals surface area contributed by atoms with Crippen LogP contribution in [0.2, 0.25) is 0 Å². The third-order valence-corrected chi connectivity index (χ3v) is 3.97. The van der Waals surface area contributed by atoms with Crippen molar-refractivity contribution in [3.05, 3.63) is 41.7 Å². The van der Waals surface area contributed by atoms with Gasteiger partial charge in [-0.2, -0.15) is 0 Å². The van der Waals surface area contributed by atoms with Crippen LogP contribution in [0.1, 0.15) is 26.5 Å². The first-order valence-corrected chi connectivity index (χ1v) is 8.28. The molecule has 6 heteroatoms. The number of rotatable bonds is 7. The van der Waals surface area contributed by atoms with Crippen molar-refractivity contribution >= 4 is 22.4 Å². The lowest BCUT2D eigenvalue weighted by molar-refractivity contribution is -0.121. The van der Waals surface area contributed by atoms with Crippen LogP contribution < -0.4 is 5.32 Å². The molecule has 0 aliphatic rings. The van der Waals surface area contributed by atoms with E-state index in [1.54, 1.807) is 12.4 Å². The average Bonchev–Trinajstić information content (AvgIpc) is 2.99. The first kappa shape index (κ1) is 16.6. The van der Waals surface area contributed by atoms with Crippen molar-refractivity contribution in [1.29, 1.82) is 0 Å². The lowest BCUT2D eigenvalue weighted by Crippen LogP contribution is -2.43. The minimum absolute atomic E-state index is 0.0356. The standard InChI is InChI=1S/C16H22N4OS/c1-12(2)10-20(11-14-6-4-5-7-17-14)13(3)15(21)19-16-18-8-9-22-16/h4-9,12-13H,10-11H2,1-3H3,(H,18,19,21)/t13-/m1/s1. The van der Waals surface area contributed by atoms with Crippen molar-refractivity contribution in [2.45, 2.75) is 33.4 Å². The number of nitrogens with one attached hydrogen (secondary N) is 1. The average molecular weight is 318 g/mol. The van der Waals surface area contributed by atoms with E-state index in [2.05, 4.69) is 34.0 Å². The van der Waals surface area contributed by atoms with Gasteiger partial charge in [-0.1, -0.05) is 19.9 Å². The van der Waals surface area contributed by atoms with Crippen LogP contribution in [-0.2, 0) is 11.3 Å². The number of carbonyl (C=O) groups excluding carboxylic acids is 1. The number of carbonyl (C=O) groups is 1. The predicted molar refractivity (Wildman–Crippen MR) is 89.7 cm³/mol. The van der Waals surface area contributed by atoms with Crippen molar-refractivity contribution in [3.8, 4) is 0 Å². The fraction of sp³-hybridized carbons (Fsp3) is 0.438. The molecule has 0 radical (unpaired) electrons. The Morgan fingerprint density at radius 3 is 2.68 bits per heavy atom. The fourth-order valence-electron chi connectivity index (χ4n) is 2.19. The van der Waals surface area contributed by atoms with E-state index in [1.807, 2.05) is 30.5 Å². The van der Waals surface area contributed by atoms with Gasteiger partial charge < -0.3 is 5.32 Å². The van der Waals surface area contributed by atoms with Crippen LogP contribution in [0.5, 0.6) is 0 Å². The van der Waals surface area contributed by atoms with Crippen molar-refractivity contribution in [3.63, 3.8) is 0 Å². The molecular weight excluding hydrogens is 296 g/mol. The SMILES string of the molecule is CC(C)CN(Cc1ccccn1)[C@H](C)C(=O)Nc1nccs1. The minimum Gasteiger partial charge on any atom is -0.301 e. The zero-order valence-corrected chi connectivity index (χ0v) is 14.0. The van der Waals surface area contributed by atoms with Gasteiger partial charge in [-0.3, -0.25) is 14.7 Å². The van der Waals surface area contributed by atoms with E-state index in [4.69, 9.17) is 0 Å². The highest BCUT2D eigenvalue weighted by molar-refractivity contribution is 7.13. The number of pyridine rings is 1. The molecule has 5 nitrogen and oxygen atoms in total.